The molecule has 1 aromatic heterocycles. The molecule has 8 nitrogen and oxygen atoms in total. The van der Waals surface area contributed by atoms with Crippen LogP contribution in [-0.4, -0.2) is 34.6 Å². The summed E-state index contributed by atoms with van der Waals surface area (Å²) >= 11 is 2.50. The van der Waals surface area contributed by atoms with Crippen LogP contribution in [0.5, 0.6) is 11.5 Å². The van der Waals surface area contributed by atoms with Crippen LogP contribution in [0.2, 0.25) is 0 Å². The molecular weight excluding hydrogens is 352 g/mol. The first kappa shape index (κ1) is 16.5. The van der Waals surface area contributed by atoms with Gasteiger partial charge in [0.2, 0.25) is 23.7 Å². The number of thioether (sulfide) groups is 1. The number of carbonyl (C=O) groups is 2. The molecule has 0 spiro atoms. The summed E-state index contributed by atoms with van der Waals surface area (Å²) < 4.78 is 11.2. The van der Waals surface area contributed by atoms with Gasteiger partial charge in [0.05, 0.1) is 5.75 Å². The van der Waals surface area contributed by atoms with Gasteiger partial charge in [-0.05, 0) is 17.7 Å². The molecule has 0 atom stereocenters. The fraction of sp³-hybridized carbons (Fsp3) is 0.286. The molecule has 10 heteroatoms. The van der Waals surface area contributed by atoms with E-state index >= 15 is 0 Å². The third-order valence-corrected chi connectivity index (χ3v) is 4.91. The van der Waals surface area contributed by atoms with Crippen molar-refractivity contribution in [2.45, 2.75) is 17.8 Å². The number of nitrogens with zero attached hydrogens (tertiary/aromatic N) is 2. The second kappa shape index (κ2) is 7.49. The monoisotopic (exact) mass is 366 g/mol. The zero-order valence-corrected chi connectivity index (χ0v) is 14.3. The number of hydrogen-bond donors (Lipinski definition) is 2. The van der Waals surface area contributed by atoms with Crippen LogP contribution in [0.4, 0.5) is 5.13 Å². The minimum Gasteiger partial charge on any atom is -0.454 e. The van der Waals surface area contributed by atoms with Crippen LogP contribution in [0.3, 0.4) is 0 Å². The van der Waals surface area contributed by atoms with Crippen molar-refractivity contribution in [1.29, 1.82) is 0 Å². The molecule has 0 saturated carbocycles. The molecule has 2 aromatic rings. The van der Waals surface area contributed by atoms with Gasteiger partial charge in [0.15, 0.2) is 15.8 Å². The summed E-state index contributed by atoms with van der Waals surface area (Å²) in [5, 5.41) is 13.5. The number of aromatic nitrogens is 2. The molecule has 0 fully saturated rings. The van der Waals surface area contributed by atoms with Gasteiger partial charge in [-0.1, -0.05) is 29.2 Å². The lowest BCUT2D eigenvalue weighted by molar-refractivity contribution is -0.118. The zero-order valence-electron chi connectivity index (χ0n) is 12.7. The van der Waals surface area contributed by atoms with Crippen LogP contribution in [0, 0.1) is 0 Å². The molecule has 0 aliphatic carbocycles. The third kappa shape index (κ3) is 4.36. The first-order valence-electron chi connectivity index (χ1n) is 6.99. The molecule has 2 amide bonds. The Balaban J connectivity index is 1.44. The maximum Gasteiger partial charge on any atom is 0.231 e. The van der Waals surface area contributed by atoms with Crippen LogP contribution in [-0.2, 0) is 16.1 Å². The van der Waals surface area contributed by atoms with Gasteiger partial charge < -0.3 is 20.1 Å². The molecule has 1 aliphatic heterocycles. The Kier molecular flexibility index (Phi) is 5.16. The molecule has 24 heavy (non-hydrogen) atoms. The Bertz CT molecular complexity index is 765. The molecule has 3 rings (SSSR count). The van der Waals surface area contributed by atoms with E-state index in [9.17, 15) is 9.59 Å². The summed E-state index contributed by atoms with van der Waals surface area (Å²) in [6, 6.07) is 5.55. The highest BCUT2D eigenvalue weighted by molar-refractivity contribution is 8.01. The second-order valence-electron chi connectivity index (χ2n) is 4.81. The molecule has 2 N–H and O–H groups in total. The van der Waals surface area contributed by atoms with Gasteiger partial charge in [0.1, 0.15) is 0 Å². The van der Waals surface area contributed by atoms with Crippen molar-refractivity contribution < 1.29 is 19.1 Å². The van der Waals surface area contributed by atoms with Gasteiger partial charge in [-0.25, -0.2) is 0 Å². The first-order chi connectivity index (χ1) is 11.6. The summed E-state index contributed by atoms with van der Waals surface area (Å²) in [5.41, 5.74) is 0.932. The minimum atomic E-state index is -0.204. The summed E-state index contributed by atoms with van der Waals surface area (Å²) in [6.45, 7) is 2.03. The molecule has 1 aromatic carbocycles. The molecule has 0 radical (unpaired) electrons. The number of carbonyl (C=O) groups excluding carboxylic acids is 2. The van der Waals surface area contributed by atoms with Gasteiger partial charge >= 0.3 is 0 Å². The number of benzene rings is 1. The topological polar surface area (TPSA) is 102 Å². The fourth-order valence-corrected chi connectivity index (χ4v) is 3.53. The number of anilines is 1. The van der Waals surface area contributed by atoms with Gasteiger partial charge in [-0.2, -0.15) is 0 Å². The van der Waals surface area contributed by atoms with Crippen molar-refractivity contribution in [3.63, 3.8) is 0 Å². The van der Waals surface area contributed by atoms with E-state index in [1.807, 2.05) is 18.2 Å². The van der Waals surface area contributed by atoms with Gasteiger partial charge in [-0.3, -0.25) is 9.59 Å². The summed E-state index contributed by atoms with van der Waals surface area (Å²) in [7, 11) is 0. The zero-order chi connectivity index (χ0) is 16.9. The number of nitrogens with one attached hydrogen (secondary N) is 2. The standard InChI is InChI=1S/C14H14N4O4S2/c1-8(19)16-13-17-18-14(24-13)23-6-12(20)15-5-9-2-3-10-11(4-9)22-7-21-10/h2-4H,5-7H2,1H3,(H,15,20)(H,16,17,19). The van der Waals surface area contributed by atoms with Crippen LogP contribution >= 0.6 is 23.1 Å². The van der Waals surface area contributed by atoms with Gasteiger partial charge in [-0.15, -0.1) is 10.2 Å². The summed E-state index contributed by atoms with van der Waals surface area (Å²) in [6.07, 6.45) is 0. The van der Waals surface area contributed by atoms with E-state index in [1.165, 1.54) is 30.0 Å². The Morgan fingerprint density at radius 3 is 2.96 bits per heavy atom. The van der Waals surface area contributed by atoms with Gasteiger partial charge in [0.25, 0.3) is 0 Å². The maximum atomic E-state index is 11.9. The van der Waals surface area contributed by atoms with E-state index in [2.05, 4.69) is 20.8 Å². The SMILES string of the molecule is CC(=O)Nc1nnc(SCC(=O)NCc2ccc3c(c2)OCO3)s1. The van der Waals surface area contributed by atoms with Crippen LogP contribution < -0.4 is 20.1 Å². The maximum absolute atomic E-state index is 11.9. The largest absolute Gasteiger partial charge is 0.454 e. The first-order valence-corrected chi connectivity index (χ1v) is 8.79. The lowest BCUT2D eigenvalue weighted by Gasteiger charge is -2.05. The predicted molar refractivity (Wildman–Crippen MR) is 89.3 cm³/mol. The van der Waals surface area contributed by atoms with Crippen molar-refractivity contribution >= 4 is 40.0 Å². The van der Waals surface area contributed by atoms with E-state index in [-0.39, 0.29) is 24.4 Å². The van der Waals surface area contributed by atoms with Crippen LogP contribution in [0.1, 0.15) is 12.5 Å². The number of amides is 2. The summed E-state index contributed by atoms with van der Waals surface area (Å²) in [5.74, 6) is 1.31. The molecule has 0 saturated heterocycles. The normalized spacial score (nSPS) is 12.0. The van der Waals surface area contributed by atoms with E-state index in [0.717, 1.165) is 5.56 Å². The van der Waals surface area contributed by atoms with E-state index in [4.69, 9.17) is 9.47 Å². The van der Waals surface area contributed by atoms with Crippen molar-refractivity contribution in [3.05, 3.63) is 23.8 Å². The Morgan fingerprint density at radius 1 is 1.29 bits per heavy atom. The second-order valence-corrected chi connectivity index (χ2v) is 7.01. The number of rotatable bonds is 6. The highest BCUT2D eigenvalue weighted by Crippen LogP contribution is 2.32. The van der Waals surface area contributed by atoms with Gasteiger partial charge in [0, 0.05) is 13.5 Å². The molecule has 0 unspecified atom stereocenters. The van der Waals surface area contributed by atoms with Crippen LogP contribution in [0.15, 0.2) is 22.5 Å². The Hall–Kier alpha value is -2.33. The molecule has 0 bridgehead atoms. The number of fused-ring (bicyclic) bond motifs is 1. The fourth-order valence-electron chi connectivity index (χ4n) is 1.90. The molecule has 2 heterocycles. The van der Waals surface area contributed by atoms with E-state index < -0.39 is 0 Å². The van der Waals surface area contributed by atoms with Crippen LogP contribution in [0.25, 0.3) is 0 Å². The highest BCUT2D eigenvalue weighted by atomic mass is 32.2. The van der Waals surface area contributed by atoms with E-state index in [0.29, 0.717) is 27.5 Å². The average molecular weight is 366 g/mol. The number of hydrogen-bond acceptors (Lipinski definition) is 8. The third-order valence-electron chi connectivity index (χ3n) is 2.94. The lowest BCUT2D eigenvalue weighted by Crippen LogP contribution is -2.24. The van der Waals surface area contributed by atoms with Crippen molar-refractivity contribution in [1.82, 2.24) is 15.5 Å². The Morgan fingerprint density at radius 2 is 2.12 bits per heavy atom. The van der Waals surface area contributed by atoms with Crippen molar-refractivity contribution in [2.24, 2.45) is 0 Å². The molecular formula is C14H14N4O4S2. The Labute approximate surface area is 145 Å². The lowest BCUT2D eigenvalue weighted by atomic mass is 10.2. The average Bonchev–Trinajstić information content (AvgIpc) is 3.18. The molecule has 126 valence electrons. The quantitative estimate of drug-likeness (QED) is 0.592. The highest BCUT2D eigenvalue weighted by Gasteiger charge is 2.14. The summed E-state index contributed by atoms with van der Waals surface area (Å²) in [4.78, 5) is 22.8. The number of ether oxygens (including phenoxy) is 2. The van der Waals surface area contributed by atoms with Crippen molar-refractivity contribution in [3.8, 4) is 11.5 Å². The minimum absolute atomic E-state index is 0.117. The van der Waals surface area contributed by atoms with Crippen molar-refractivity contribution in [2.75, 3.05) is 17.9 Å². The smallest absolute Gasteiger partial charge is 0.231 e. The van der Waals surface area contributed by atoms with E-state index in [1.54, 1.807) is 0 Å². The molecule has 1 aliphatic rings. The predicted octanol–water partition coefficient (Wildman–Crippen LogP) is 1.63.